The largest absolute Gasteiger partial charge is 0.341 e. The first-order valence-electron chi connectivity index (χ1n) is 13.4. The van der Waals surface area contributed by atoms with E-state index in [0.717, 1.165) is 64.3 Å². The maximum atomic E-state index is 4.93. The van der Waals surface area contributed by atoms with Crippen molar-refractivity contribution in [2.75, 3.05) is 6.54 Å². The van der Waals surface area contributed by atoms with Crippen LogP contribution in [0.4, 0.5) is 0 Å². The van der Waals surface area contributed by atoms with E-state index in [1.165, 1.54) is 18.4 Å². The molecule has 1 aliphatic rings. The van der Waals surface area contributed by atoms with Gasteiger partial charge in [0.2, 0.25) is 5.82 Å². The lowest BCUT2D eigenvalue weighted by Crippen LogP contribution is -2.33. The second-order valence-corrected chi connectivity index (χ2v) is 10.0. The summed E-state index contributed by atoms with van der Waals surface area (Å²) < 4.78 is 0. The van der Waals surface area contributed by atoms with Crippen LogP contribution >= 0.6 is 0 Å². The number of benzene rings is 3. The number of rotatable bonds is 6. The van der Waals surface area contributed by atoms with E-state index in [1.807, 2.05) is 30.5 Å². The fourth-order valence-electron chi connectivity index (χ4n) is 5.56. The Morgan fingerprint density at radius 3 is 2.51 bits per heavy atom. The van der Waals surface area contributed by atoms with Crippen molar-refractivity contribution >= 4 is 11.0 Å². The first-order chi connectivity index (χ1) is 19.3. The Bertz CT molecular complexity index is 1660. The number of tetrazole rings is 1. The highest BCUT2D eigenvalue weighted by Crippen LogP contribution is 2.35. The molecule has 0 amide bonds. The number of imidazole rings is 1. The fraction of sp³-hybridized carbons (Fsp3) is 0.194. The van der Waals surface area contributed by atoms with Crippen LogP contribution in [0.1, 0.15) is 36.7 Å². The minimum atomic E-state index is 0.301. The number of piperidine rings is 1. The number of aromatic nitrogens is 7. The molecule has 1 fully saturated rings. The van der Waals surface area contributed by atoms with Crippen molar-refractivity contribution in [2.45, 2.75) is 31.8 Å². The van der Waals surface area contributed by atoms with Crippen molar-refractivity contribution in [2.24, 2.45) is 0 Å². The molecule has 8 heteroatoms. The van der Waals surface area contributed by atoms with Gasteiger partial charge in [0.25, 0.3) is 0 Å². The van der Waals surface area contributed by atoms with E-state index in [-0.39, 0.29) is 0 Å². The Hall–Kier alpha value is -4.69. The van der Waals surface area contributed by atoms with Crippen LogP contribution in [0.15, 0.2) is 91.1 Å². The van der Waals surface area contributed by atoms with Gasteiger partial charge in [-0.2, -0.15) is 5.21 Å². The number of aromatic amines is 2. The SMILES string of the molecule is c1ccc(-c2cc(-c3nn[nH]n3)cnc2-c2ccc(CN3CCCCC3c3nc4ccccc4[nH]3)cc2)cc1. The van der Waals surface area contributed by atoms with Crippen molar-refractivity contribution in [1.82, 2.24) is 40.5 Å². The van der Waals surface area contributed by atoms with Gasteiger partial charge in [-0.25, -0.2) is 4.98 Å². The summed E-state index contributed by atoms with van der Waals surface area (Å²) in [6.07, 6.45) is 5.37. The molecule has 0 radical (unpaired) electrons. The predicted molar refractivity (Wildman–Crippen MR) is 151 cm³/mol. The first kappa shape index (κ1) is 23.4. The summed E-state index contributed by atoms with van der Waals surface area (Å²) in [6, 6.07) is 29.8. The van der Waals surface area contributed by atoms with E-state index in [2.05, 4.69) is 91.2 Å². The zero-order chi connectivity index (χ0) is 26.0. The zero-order valence-corrected chi connectivity index (χ0v) is 21.5. The standard InChI is InChI=1S/C31H28N8/c1-2-8-22(9-3-1)25-18-24(30-35-37-38-36-30)19-32-29(25)23-15-13-21(14-16-23)20-39-17-7-6-12-28(39)31-33-26-10-4-5-11-27(26)34-31/h1-5,8-11,13-16,18-19,28H,6-7,12,17,20H2,(H,33,34)(H,35,36,37,38). The van der Waals surface area contributed by atoms with Crippen molar-refractivity contribution < 1.29 is 0 Å². The summed E-state index contributed by atoms with van der Waals surface area (Å²) in [5.41, 5.74) is 8.38. The smallest absolute Gasteiger partial charge is 0.206 e. The Balaban J connectivity index is 1.17. The van der Waals surface area contributed by atoms with Gasteiger partial charge in [0.15, 0.2) is 0 Å². The van der Waals surface area contributed by atoms with Crippen molar-refractivity contribution in [3.63, 3.8) is 0 Å². The molecular formula is C31H28N8. The van der Waals surface area contributed by atoms with Crippen molar-refractivity contribution in [1.29, 1.82) is 0 Å². The monoisotopic (exact) mass is 512 g/mol. The number of pyridine rings is 1. The minimum absolute atomic E-state index is 0.301. The van der Waals surface area contributed by atoms with Crippen LogP contribution in [0.5, 0.6) is 0 Å². The number of likely N-dealkylation sites (tertiary alicyclic amines) is 1. The van der Waals surface area contributed by atoms with Crippen molar-refractivity contribution in [3.05, 3.63) is 103 Å². The number of para-hydroxylation sites is 2. The van der Waals surface area contributed by atoms with Gasteiger partial charge in [0.1, 0.15) is 5.82 Å². The van der Waals surface area contributed by atoms with Gasteiger partial charge in [-0.15, -0.1) is 10.2 Å². The summed E-state index contributed by atoms with van der Waals surface area (Å²) in [5.74, 6) is 1.60. The molecule has 3 aromatic heterocycles. The molecule has 1 atom stereocenters. The Kier molecular flexibility index (Phi) is 6.14. The Morgan fingerprint density at radius 2 is 1.69 bits per heavy atom. The molecule has 3 aromatic carbocycles. The van der Waals surface area contributed by atoms with Crippen LogP contribution < -0.4 is 0 Å². The molecule has 4 heterocycles. The second kappa shape index (κ2) is 10.2. The third kappa shape index (κ3) is 4.70. The number of nitrogens with one attached hydrogen (secondary N) is 2. The molecule has 1 aliphatic heterocycles. The number of H-pyrrole nitrogens is 2. The summed E-state index contributed by atoms with van der Waals surface area (Å²) in [7, 11) is 0. The van der Waals surface area contributed by atoms with Crippen LogP contribution in [-0.2, 0) is 6.54 Å². The third-order valence-corrected chi connectivity index (χ3v) is 7.53. The topological polar surface area (TPSA) is 99.3 Å². The van der Waals surface area contributed by atoms with Crippen LogP contribution in [0, 0.1) is 0 Å². The van der Waals surface area contributed by atoms with Gasteiger partial charge < -0.3 is 4.98 Å². The number of fused-ring (bicyclic) bond motifs is 1. The fourth-order valence-corrected chi connectivity index (χ4v) is 5.56. The highest BCUT2D eigenvalue weighted by molar-refractivity contribution is 5.83. The van der Waals surface area contributed by atoms with Gasteiger partial charge in [-0.3, -0.25) is 9.88 Å². The summed E-state index contributed by atoms with van der Waals surface area (Å²) in [4.78, 5) is 15.9. The van der Waals surface area contributed by atoms with E-state index in [9.17, 15) is 0 Å². The van der Waals surface area contributed by atoms with Gasteiger partial charge in [-0.05, 0) is 53.9 Å². The summed E-state index contributed by atoms with van der Waals surface area (Å²) >= 11 is 0. The molecule has 0 bridgehead atoms. The van der Waals surface area contributed by atoms with Crippen molar-refractivity contribution in [3.8, 4) is 33.8 Å². The van der Waals surface area contributed by atoms with Gasteiger partial charge in [0.05, 0.1) is 22.8 Å². The van der Waals surface area contributed by atoms with Crippen LogP contribution in [0.2, 0.25) is 0 Å². The maximum absolute atomic E-state index is 4.93. The van der Waals surface area contributed by atoms with E-state index in [1.54, 1.807) is 0 Å². The Labute approximate surface area is 226 Å². The molecule has 0 spiro atoms. The van der Waals surface area contributed by atoms with E-state index in [0.29, 0.717) is 11.9 Å². The van der Waals surface area contributed by atoms with Crippen LogP contribution in [0.25, 0.3) is 44.8 Å². The highest BCUT2D eigenvalue weighted by atomic mass is 15.5. The lowest BCUT2D eigenvalue weighted by Gasteiger charge is -2.34. The second-order valence-electron chi connectivity index (χ2n) is 10.0. The number of nitrogens with zero attached hydrogens (tertiary/aromatic N) is 6. The molecule has 2 N–H and O–H groups in total. The average Bonchev–Trinajstić information content (AvgIpc) is 3.69. The molecule has 8 nitrogen and oxygen atoms in total. The quantitative estimate of drug-likeness (QED) is 0.276. The summed E-state index contributed by atoms with van der Waals surface area (Å²) in [5, 5.41) is 14.5. The number of hydrogen-bond donors (Lipinski definition) is 2. The van der Waals surface area contributed by atoms with Crippen LogP contribution in [-0.4, -0.2) is 47.0 Å². The van der Waals surface area contributed by atoms with Gasteiger partial charge in [-0.1, -0.05) is 73.2 Å². The molecule has 0 aliphatic carbocycles. The lowest BCUT2D eigenvalue weighted by atomic mass is 9.96. The molecule has 0 saturated carbocycles. The molecule has 1 unspecified atom stereocenters. The van der Waals surface area contributed by atoms with E-state index in [4.69, 9.17) is 9.97 Å². The normalized spacial score (nSPS) is 16.1. The molecule has 6 aromatic rings. The average molecular weight is 513 g/mol. The summed E-state index contributed by atoms with van der Waals surface area (Å²) in [6.45, 7) is 1.96. The third-order valence-electron chi connectivity index (χ3n) is 7.53. The minimum Gasteiger partial charge on any atom is -0.341 e. The molecular weight excluding hydrogens is 484 g/mol. The molecule has 1 saturated heterocycles. The Morgan fingerprint density at radius 1 is 0.846 bits per heavy atom. The zero-order valence-electron chi connectivity index (χ0n) is 21.5. The highest BCUT2D eigenvalue weighted by Gasteiger charge is 2.26. The van der Waals surface area contributed by atoms with E-state index >= 15 is 0 Å². The first-order valence-corrected chi connectivity index (χ1v) is 13.4. The predicted octanol–water partition coefficient (Wildman–Crippen LogP) is 6.20. The van der Waals surface area contributed by atoms with Gasteiger partial charge >= 0.3 is 0 Å². The number of hydrogen-bond acceptors (Lipinski definition) is 6. The molecule has 7 rings (SSSR count). The lowest BCUT2D eigenvalue weighted by molar-refractivity contribution is 0.134. The van der Waals surface area contributed by atoms with Crippen LogP contribution in [0.3, 0.4) is 0 Å². The molecule has 192 valence electrons. The maximum Gasteiger partial charge on any atom is 0.206 e. The molecule has 39 heavy (non-hydrogen) atoms. The van der Waals surface area contributed by atoms with E-state index < -0.39 is 0 Å². The van der Waals surface area contributed by atoms with Gasteiger partial charge in [0, 0.05) is 29.4 Å².